The van der Waals surface area contributed by atoms with Crippen LogP contribution in [0.5, 0.6) is 0 Å². The second-order valence-electron chi connectivity index (χ2n) is 4.72. The third kappa shape index (κ3) is 2.68. The van der Waals surface area contributed by atoms with Gasteiger partial charge < -0.3 is 10.2 Å². The molecule has 2 rings (SSSR count). The van der Waals surface area contributed by atoms with Crippen molar-refractivity contribution in [2.75, 3.05) is 32.9 Å². The summed E-state index contributed by atoms with van der Waals surface area (Å²) in [7, 11) is 0. The molecule has 0 atom stereocenters. The summed E-state index contributed by atoms with van der Waals surface area (Å²) in [5.74, 6) is 0.886. The average Bonchev–Trinajstić information content (AvgIpc) is 2.17. The Bertz CT molecular complexity index is 223. The number of halogens is 1. The van der Waals surface area contributed by atoms with Crippen LogP contribution in [0, 0.1) is 11.8 Å². The molecule has 4 heteroatoms. The topological polar surface area (TPSA) is 32.3 Å². The molecule has 1 N–H and O–H groups in total. The van der Waals surface area contributed by atoms with Crippen molar-refractivity contribution in [3.63, 3.8) is 0 Å². The Labute approximate surface area is 90.0 Å². The Kier molecular flexibility index (Phi) is 3.57. The molecule has 2 heterocycles. The van der Waals surface area contributed by atoms with Gasteiger partial charge in [0.2, 0.25) is 5.91 Å². The average molecular weight is 214 g/mol. The van der Waals surface area contributed by atoms with E-state index in [1.165, 1.54) is 0 Å². The van der Waals surface area contributed by atoms with Gasteiger partial charge in [-0.05, 0) is 31.8 Å². The van der Waals surface area contributed by atoms with Crippen LogP contribution in [-0.4, -0.2) is 43.7 Å². The third-order valence-electron chi connectivity index (χ3n) is 3.45. The maximum absolute atomic E-state index is 12.2. The lowest BCUT2D eigenvalue weighted by atomic mass is 9.92. The van der Waals surface area contributed by atoms with Crippen molar-refractivity contribution >= 4 is 5.91 Å². The van der Waals surface area contributed by atoms with Gasteiger partial charge in [0.25, 0.3) is 0 Å². The molecule has 3 nitrogen and oxygen atoms in total. The molecule has 0 saturated carbocycles. The predicted molar refractivity (Wildman–Crippen MR) is 56.3 cm³/mol. The van der Waals surface area contributed by atoms with Gasteiger partial charge in [-0.1, -0.05) is 0 Å². The molecule has 0 aromatic heterocycles. The Hall–Kier alpha value is -0.640. The van der Waals surface area contributed by atoms with E-state index in [1.54, 1.807) is 4.90 Å². The molecule has 15 heavy (non-hydrogen) atoms. The molecule has 2 saturated heterocycles. The van der Waals surface area contributed by atoms with E-state index in [2.05, 4.69) is 5.32 Å². The number of carbonyl (C=O) groups excluding carboxylic acids is 1. The van der Waals surface area contributed by atoms with Gasteiger partial charge in [0, 0.05) is 25.4 Å². The lowest BCUT2D eigenvalue weighted by Crippen LogP contribution is -2.51. The maximum atomic E-state index is 12.2. The summed E-state index contributed by atoms with van der Waals surface area (Å²) >= 11 is 0. The smallest absolute Gasteiger partial charge is 0.222 e. The first-order chi connectivity index (χ1) is 7.29. The van der Waals surface area contributed by atoms with E-state index in [1.807, 2.05) is 0 Å². The van der Waals surface area contributed by atoms with Crippen LogP contribution < -0.4 is 5.32 Å². The molecule has 0 spiro atoms. The van der Waals surface area contributed by atoms with E-state index in [-0.39, 0.29) is 18.5 Å². The summed E-state index contributed by atoms with van der Waals surface area (Å²) in [6, 6.07) is 0. The third-order valence-corrected chi connectivity index (χ3v) is 3.45. The number of hydrogen-bond acceptors (Lipinski definition) is 2. The maximum Gasteiger partial charge on any atom is 0.222 e. The quantitative estimate of drug-likeness (QED) is 0.754. The highest BCUT2D eigenvalue weighted by molar-refractivity contribution is 5.77. The van der Waals surface area contributed by atoms with Gasteiger partial charge in [-0.25, -0.2) is 0 Å². The van der Waals surface area contributed by atoms with Crippen molar-refractivity contribution in [2.24, 2.45) is 11.8 Å². The van der Waals surface area contributed by atoms with Crippen LogP contribution in [0.25, 0.3) is 0 Å². The first kappa shape index (κ1) is 10.9. The zero-order chi connectivity index (χ0) is 10.7. The number of carbonyl (C=O) groups is 1. The molecule has 0 radical (unpaired) electrons. The van der Waals surface area contributed by atoms with Crippen LogP contribution >= 0.6 is 0 Å². The number of nitrogens with one attached hydrogen (secondary N) is 1. The minimum Gasteiger partial charge on any atom is -0.342 e. The van der Waals surface area contributed by atoms with Gasteiger partial charge in [-0.2, -0.15) is 0 Å². The summed E-state index contributed by atoms with van der Waals surface area (Å²) in [6.07, 6.45) is 2.87. The fourth-order valence-electron chi connectivity index (χ4n) is 2.33. The molecule has 0 aliphatic carbocycles. The number of piperidine rings is 1. The van der Waals surface area contributed by atoms with Crippen LogP contribution in [0.2, 0.25) is 0 Å². The molecular weight excluding hydrogens is 195 g/mol. The van der Waals surface area contributed by atoms with E-state index in [0.717, 1.165) is 25.9 Å². The molecule has 0 bridgehead atoms. The van der Waals surface area contributed by atoms with Gasteiger partial charge in [0.1, 0.15) is 0 Å². The first-order valence-corrected chi connectivity index (χ1v) is 5.84. The van der Waals surface area contributed by atoms with Crippen LogP contribution in [0.3, 0.4) is 0 Å². The number of amides is 1. The van der Waals surface area contributed by atoms with Crippen molar-refractivity contribution in [1.82, 2.24) is 10.2 Å². The van der Waals surface area contributed by atoms with E-state index in [0.29, 0.717) is 25.4 Å². The predicted octanol–water partition coefficient (Wildman–Crippen LogP) is 0.804. The Morgan fingerprint density at radius 2 is 1.93 bits per heavy atom. The number of hydrogen-bond donors (Lipinski definition) is 1. The van der Waals surface area contributed by atoms with Crippen molar-refractivity contribution < 1.29 is 9.18 Å². The lowest BCUT2D eigenvalue weighted by Gasteiger charge is -2.38. The molecule has 0 unspecified atom stereocenters. The monoisotopic (exact) mass is 214 g/mol. The summed E-state index contributed by atoms with van der Waals surface area (Å²) in [5, 5.41) is 3.29. The second-order valence-corrected chi connectivity index (χ2v) is 4.72. The van der Waals surface area contributed by atoms with Gasteiger partial charge in [-0.3, -0.25) is 9.18 Å². The molecule has 2 fully saturated rings. The van der Waals surface area contributed by atoms with Crippen LogP contribution in [0.4, 0.5) is 4.39 Å². The minimum absolute atomic E-state index is 0.113. The SMILES string of the molecule is O=C(CC1CCNCC1)N1CC(CF)C1. The lowest BCUT2D eigenvalue weighted by molar-refractivity contribution is -0.139. The van der Waals surface area contributed by atoms with Gasteiger partial charge in [0.15, 0.2) is 0 Å². The number of likely N-dealkylation sites (tertiary alicyclic amines) is 1. The highest BCUT2D eigenvalue weighted by atomic mass is 19.1. The van der Waals surface area contributed by atoms with E-state index < -0.39 is 0 Å². The Balaban J connectivity index is 1.68. The van der Waals surface area contributed by atoms with Gasteiger partial charge in [-0.15, -0.1) is 0 Å². The number of alkyl halides is 1. The largest absolute Gasteiger partial charge is 0.342 e. The number of rotatable bonds is 3. The fourth-order valence-corrected chi connectivity index (χ4v) is 2.33. The summed E-state index contributed by atoms with van der Waals surface area (Å²) in [5.41, 5.74) is 0. The van der Waals surface area contributed by atoms with Crippen molar-refractivity contribution in [2.45, 2.75) is 19.3 Å². The summed E-state index contributed by atoms with van der Waals surface area (Å²) in [4.78, 5) is 13.5. The van der Waals surface area contributed by atoms with Crippen molar-refractivity contribution in [1.29, 1.82) is 0 Å². The van der Waals surface area contributed by atoms with Gasteiger partial charge >= 0.3 is 0 Å². The molecule has 0 aromatic carbocycles. The zero-order valence-corrected chi connectivity index (χ0v) is 9.04. The van der Waals surface area contributed by atoms with Crippen LogP contribution in [0.15, 0.2) is 0 Å². The van der Waals surface area contributed by atoms with Crippen LogP contribution in [-0.2, 0) is 4.79 Å². The summed E-state index contributed by atoms with van der Waals surface area (Å²) < 4.78 is 12.2. The summed E-state index contributed by atoms with van der Waals surface area (Å²) in [6.45, 7) is 3.06. The molecule has 86 valence electrons. The fraction of sp³-hybridized carbons (Fsp3) is 0.909. The highest BCUT2D eigenvalue weighted by Gasteiger charge is 2.31. The van der Waals surface area contributed by atoms with E-state index >= 15 is 0 Å². The Morgan fingerprint density at radius 3 is 2.53 bits per heavy atom. The van der Waals surface area contributed by atoms with Gasteiger partial charge in [0.05, 0.1) is 6.67 Å². The Morgan fingerprint density at radius 1 is 1.27 bits per heavy atom. The molecule has 2 aliphatic rings. The molecule has 2 aliphatic heterocycles. The molecular formula is C11H19FN2O. The zero-order valence-electron chi connectivity index (χ0n) is 9.04. The highest BCUT2D eigenvalue weighted by Crippen LogP contribution is 2.22. The molecule has 0 aromatic rings. The van der Waals surface area contributed by atoms with Crippen LogP contribution in [0.1, 0.15) is 19.3 Å². The first-order valence-electron chi connectivity index (χ1n) is 5.84. The van der Waals surface area contributed by atoms with Crippen molar-refractivity contribution in [3.05, 3.63) is 0 Å². The minimum atomic E-state index is -0.281. The van der Waals surface area contributed by atoms with Crippen molar-refractivity contribution in [3.8, 4) is 0 Å². The number of nitrogens with zero attached hydrogens (tertiary/aromatic N) is 1. The normalized spacial score (nSPS) is 23.9. The second kappa shape index (κ2) is 4.92. The standard InChI is InChI=1S/C11H19FN2O/c12-6-10-7-14(8-10)11(15)5-9-1-3-13-4-2-9/h9-10,13H,1-8H2. The van der Waals surface area contributed by atoms with E-state index in [9.17, 15) is 9.18 Å². The van der Waals surface area contributed by atoms with E-state index in [4.69, 9.17) is 0 Å². The molecule has 1 amide bonds.